The Labute approximate surface area is 225 Å². The summed E-state index contributed by atoms with van der Waals surface area (Å²) in [6.07, 6.45) is 1.92. The summed E-state index contributed by atoms with van der Waals surface area (Å²) in [6.45, 7) is 0.584. The summed E-state index contributed by atoms with van der Waals surface area (Å²) in [4.78, 5) is 42.0. The highest BCUT2D eigenvalue weighted by atomic mass is 16.5. The van der Waals surface area contributed by atoms with Crippen LogP contribution in [0.5, 0.6) is 5.75 Å². The van der Waals surface area contributed by atoms with Crippen molar-refractivity contribution in [2.24, 2.45) is 17.6 Å². The van der Waals surface area contributed by atoms with Crippen LogP contribution in [0.3, 0.4) is 0 Å². The Hall–Kier alpha value is -3.83. The van der Waals surface area contributed by atoms with Crippen LogP contribution in [-0.2, 0) is 25.5 Å². The van der Waals surface area contributed by atoms with Gasteiger partial charge in [-0.1, -0.05) is 0 Å². The second-order valence-electron chi connectivity index (χ2n) is 11.2. The summed E-state index contributed by atoms with van der Waals surface area (Å²) in [5, 5.41) is 45.2. The summed E-state index contributed by atoms with van der Waals surface area (Å²) < 4.78 is 6.09. The van der Waals surface area contributed by atoms with Gasteiger partial charge < -0.3 is 40.7 Å². The van der Waals surface area contributed by atoms with Gasteiger partial charge in [-0.25, -0.2) is 0 Å². The van der Waals surface area contributed by atoms with E-state index in [0.717, 1.165) is 11.4 Å². The number of likely N-dealkylation sites (N-methyl/N-ethyl adjacent to an activating group) is 1. The fourth-order valence-corrected chi connectivity index (χ4v) is 6.46. The predicted octanol–water partition coefficient (Wildman–Crippen LogP) is 1.40. The number of aromatic hydroxyl groups is 1. The quantitative estimate of drug-likeness (QED) is 0.344. The van der Waals surface area contributed by atoms with E-state index < -0.39 is 58.1 Å². The van der Waals surface area contributed by atoms with Crippen LogP contribution in [0.25, 0.3) is 5.76 Å². The summed E-state index contributed by atoms with van der Waals surface area (Å²) in [7, 11) is 7.49. The van der Waals surface area contributed by atoms with Gasteiger partial charge in [0.15, 0.2) is 11.4 Å². The number of phenolic OH excluding ortho intramolecular Hbond substituents is 1. The average molecular weight is 540 g/mol. The lowest BCUT2D eigenvalue weighted by Crippen LogP contribution is -2.58. The van der Waals surface area contributed by atoms with Gasteiger partial charge in [0.25, 0.3) is 5.91 Å². The van der Waals surface area contributed by atoms with E-state index >= 15 is 0 Å². The van der Waals surface area contributed by atoms with Crippen LogP contribution >= 0.6 is 0 Å². The number of primary amides is 1. The average Bonchev–Trinajstić information content (AvgIpc) is 3.28. The Morgan fingerprint density at radius 2 is 1.85 bits per heavy atom. The van der Waals surface area contributed by atoms with Crippen molar-refractivity contribution in [1.29, 1.82) is 0 Å². The molecule has 4 aliphatic rings. The van der Waals surface area contributed by atoms with Crippen LogP contribution in [0.4, 0.5) is 5.69 Å². The first-order valence-electron chi connectivity index (χ1n) is 12.8. The highest BCUT2D eigenvalue weighted by Gasteiger charge is 2.60. The lowest BCUT2D eigenvalue weighted by atomic mass is 9.59. The molecule has 1 saturated carbocycles. The van der Waals surface area contributed by atoms with Crippen molar-refractivity contribution in [3.8, 4) is 5.75 Å². The van der Waals surface area contributed by atoms with Crippen LogP contribution in [0.15, 0.2) is 34.8 Å². The molecular weight excluding hydrogens is 506 g/mol. The molecule has 1 fully saturated rings. The van der Waals surface area contributed by atoms with Crippen molar-refractivity contribution < 1.29 is 39.5 Å². The largest absolute Gasteiger partial charge is 0.508 e. The molecule has 2 unspecified atom stereocenters. The van der Waals surface area contributed by atoms with E-state index in [4.69, 9.17) is 10.5 Å². The SMILES string of the molecule is CN(C)CC1=CCC(c2cc(N(C)C)c3c(c2O)C(O)=C2C(=O)[C@]4(O)C(O)=C(C(N)=O)C(=O)CC4C[C@@H]2C3)O1. The molecule has 1 aromatic rings. The number of carbonyl (C=O) groups excluding carboxylic acids is 3. The van der Waals surface area contributed by atoms with Crippen molar-refractivity contribution in [2.45, 2.75) is 37.4 Å². The number of amides is 1. The van der Waals surface area contributed by atoms with E-state index in [1.807, 2.05) is 50.1 Å². The van der Waals surface area contributed by atoms with Crippen LogP contribution in [0, 0.1) is 11.8 Å². The number of ether oxygens (including phenoxy) is 1. The number of aliphatic hydroxyl groups is 3. The number of ketones is 2. The minimum absolute atomic E-state index is 0.0630. The van der Waals surface area contributed by atoms with Crippen molar-refractivity contribution >= 4 is 28.9 Å². The molecule has 6 N–H and O–H groups in total. The summed E-state index contributed by atoms with van der Waals surface area (Å²) in [5.74, 6) is -5.68. The zero-order valence-electron chi connectivity index (χ0n) is 22.3. The molecule has 208 valence electrons. The Morgan fingerprint density at radius 1 is 1.15 bits per heavy atom. The Balaban J connectivity index is 1.65. The molecule has 0 bridgehead atoms. The summed E-state index contributed by atoms with van der Waals surface area (Å²) >= 11 is 0. The molecule has 0 saturated heterocycles. The van der Waals surface area contributed by atoms with Crippen molar-refractivity contribution in [2.75, 3.05) is 39.6 Å². The second kappa shape index (κ2) is 9.13. The van der Waals surface area contributed by atoms with Gasteiger partial charge in [0.05, 0.1) is 12.1 Å². The van der Waals surface area contributed by atoms with Gasteiger partial charge in [0.2, 0.25) is 5.78 Å². The van der Waals surface area contributed by atoms with Crippen molar-refractivity contribution in [3.63, 3.8) is 0 Å². The molecular formula is C28H33N3O8. The molecule has 1 aliphatic heterocycles. The fourth-order valence-electron chi connectivity index (χ4n) is 6.46. The number of nitrogens with zero attached hydrogens (tertiary/aromatic N) is 2. The first-order valence-corrected chi connectivity index (χ1v) is 12.8. The van der Waals surface area contributed by atoms with Crippen LogP contribution in [0.2, 0.25) is 0 Å². The zero-order valence-corrected chi connectivity index (χ0v) is 22.3. The number of phenols is 1. The van der Waals surface area contributed by atoms with Crippen LogP contribution in [-0.4, -0.2) is 83.1 Å². The topological polar surface area (TPSA) is 174 Å². The van der Waals surface area contributed by atoms with Crippen molar-refractivity contribution in [3.05, 3.63) is 51.5 Å². The van der Waals surface area contributed by atoms with E-state index in [2.05, 4.69) is 0 Å². The molecule has 0 radical (unpaired) electrons. The molecule has 0 spiro atoms. The fraction of sp³-hybridized carbons (Fsp3) is 0.464. The van der Waals surface area contributed by atoms with Gasteiger partial charge in [-0.2, -0.15) is 0 Å². The van der Waals surface area contributed by atoms with Crippen LogP contribution < -0.4 is 10.6 Å². The second-order valence-corrected chi connectivity index (χ2v) is 11.2. The van der Waals surface area contributed by atoms with Gasteiger partial charge >= 0.3 is 0 Å². The van der Waals surface area contributed by atoms with Crippen LogP contribution in [0.1, 0.15) is 42.1 Å². The first-order chi connectivity index (χ1) is 18.3. The van der Waals surface area contributed by atoms with E-state index in [-0.39, 0.29) is 36.1 Å². The standard InChI is InChI=1S/C28H33N3O8/c1-30(2)11-14-5-6-19(39-14)16-10-17(31(3)4)15-8-12-7-13-9-18(32)22(27(29)37)26(36)28(13,38)25(35)20(12)24(34)21(15)23(16)33/h5,10,12-13,19,33-34,36,38H,6-9,11H2,1-4H3,(H2,29,37)/t12-,13?,19?,28+/m1/s1. The lowest BCUT2D eigenvalue weighted by Gasteiger charge is -2.46. The summed E-state index contributed by atoms with van der Waals surface area (Å²) in [6, 6.07) is 1.82. The molecule has 11 heteroatoms. The van der Waals surface area contributed by atoms with Gasteiger partial charge in [0, 0.05) is 49.7 Å². The lowest BCUT2D eigenvalue weighted by molar-refractivity contribution is -0.147. The number of Topliss-reactive ketones (excluding diaryl/α,β-unsaturated/α-hetero) is 2. The number of benzene rings is 1. The first kappa shape index (κ1) is 26.8. The zero-order chi connectivity index (χ0) is 28.5. The predicted molar refractivity (Wildman–Crippen MR) is 141 cm³/mol. The number of nitrogens with two attached hydrogens (primary N) is 1. The smallest absolute Gasteiger partial charge is 0.255 e. The van der Waals surface area contributed by atoms with Gasteiger partial charge in [0.1, 0.15) is 34.7 Å². The highest BCUT2D eigenvalue weighted by molar-refractivity contribution is 6.22. The van der Waals surface area contributed by atoms with E-state index in [1.54, 1.807) is 0 Å². The summed E-state index contributed by atoms with van der Waals surface area (Å²) in [5.41, 5.74) is 3.53. The molecule has 4 atom stereocenters. The Bertz CT molecular complexity index is 1410. The van der Waals surface area contributed by atoms with Gasteiger partial charge in [-0.15, -0.1) is 0 Å². The Kier molecular flexibility index (Phi) is 6.27. The van der Waals surface area contributed by atoms with Crippen molar-refractivity contribution in [1.82, 2.24) is 4.90 Å². The maximum absolute atomic E-state index is 13.8. The third-order valence-electron chi connectivity index (χ3n) is 8.22. The molecule has 39 heavy (non-hydrogen) atoms. The number of rotatable bonds is 5. The normalized spacial score (nSPS) is 28.2. The van der Waals surface area contributed by atoms with Gasteiger partial charge in [-0.05, 0) is 50.6 Å². The molecule has 1 aromatic carbocycles. The van der Waals surface area contributed by atoms with E-state index in [9.17, 15) is 34.8 Å². The Morgan fingerprint density at radius 3 is 2.46 bits per heavy atom. The minimum Gasteiger partial charge on any atom is -0.508 e. The number of fused-ring (bicyclic) bond motifs is 3. The molecule has 11 nitrogen and oxygen atoms in total. The maximum atomic E-state index is 13.8. The highest BCUT2D eigenvalue weighted by Crippen LogP contribution is 2.54. The molecule has 5 rings (SSSR count). The number of hydrogen-bond donors (Lipinski definition) is 5. The number of aliphatic hydroxyl groups excluding tert-OH is 2. The number of carbonyl (C=O) groups is 3. The number of hydrogen-bond acceptors (Lipinski definition) is 10. The molecule has 1 heterocycles. The monoisotopic (exact) mass is 539 g/mol. The maximum Gasteiger partial charge on any atom is 0.255 e. The van der Waals surface area contributed by atoms with E-state index in [1.165, 1.54) is 0 Å². The van der Waals surface area contributed by atoms with E-state index in [0.29, 0.717) is 24.1 Å². The minimum atomic E-state index is -2.59. The number of anilines is 1. The molecule has 1 amide bonds. The molecule has 3 aliphatic carbocycles. The third-order valence-corrected chi connectivity index (χ3v) is 8.22. The third kappa shape index (κ3) is 3.90. The van der Waals surface area contributed by atoms with Gasteiger partial charge in [-0.3, -0.25) is 14.4 Å². The molecule has 0 aromatic heterocycles.